The third kappa shape index (κ3) is 3.62. The van der Waals surface area contributed by atoms with Crippen LogP contribution in [-0.2, 0) is 0 Å². The molecule has 0 amide bonds. The standard InChI is InChI=1S/C18H35N3/c1-3-11-19-17-9-5-4-6-10-18(17)21-14-16-8-7-12-20(16)13-15(21)2/h15-19H,3-14H2,1-2H3. The minimum Gasteiger partial charge on any atom is -0.312 e. The highest BCUT2D eigenvalue weighted by Gasteiger charge is 2.39. The van der Waals surface area contributed by atoms with Crippen LogP contribution in [0.2, 0.25) is 0 Å². The lowest BCUT2D eigenvalue weighted by atomic mass is 9.96. The van der Waals surface area contributed by atoms with Crippen LogP contribution in [0, 0.1) is 0 Å². The largest absolute Gasteiger partial charge is 0.312 e. The van der Waals surface area contributed by atoms with Gasteiger partial charge in [-0.2, -0.15) is 0 Å². The minimum absolute atomic E-state index is 0.739. The molecule has 1 saturated carbocycles. The summed E-state index contributed by atoms with van der Waals surface area (Å²) < 4.78 is 0. The van der Waals surface area contributed by atoms with E-state index in [0.29, 0.717) is 0 Å². The lowest BCUT2D eigenvalue weighted by Gasteiger charge is -2.48. The Labute approximate surface area is 131 Å². The van der Waals surface area contributed by atoms with Crippen molar-refractivity contribution >= 4 is 0 Å². The zero-order chi connectivity index (χ0) is 14.7. The first-order valence-electron chi connectivity index (χ1n) is 9.52. The molecule has 3 nitrogen and oxygen atoms in total. The maximum atomic E-state index is 3.88. The highest BCUT2D eigenvalue weighted by molar-refractivity contribution is 4.97. The van der Waals surface area contributed by atoms with Gasteiger partial charge in [0.2, 0.25) is 0 Å². The lowest BCUT2D eigenvalue weighted by molar-refractivity contribution is 0.0130. The van der Waals surface area contributed by atoms with Crippen LogP contribution in [0.4, 0.5) is 0 Å². The predicted molar refractivity (Wildman–Crippen MR) is 89.7 cm³/mol. The summed E-state index contributed by atoms with van der Waals surface area (Å²) in [5.74, 6) is 0. The van der Waals surface area contributed by atoms with Crippen LogP contribution in [0.15, 0.2) is 0 Å². The third-order valence-electron chi connectivity index (χ3n) is 6.05. The maximum absolute atomic E-state index is 3.88. The molecule has 3 aliphatic rings. The van der Waals surface area contributed by atoms with Gasteiger partial charge in [-0.15, -0.1) is 0 Å². The summed E-state index contributed by atoms with van der Waals surface area (Å²) in [5, 5.41) is 3.88. The molecule has 21 heavy (non-hydrogen) atoms. The summed E-state index contributed by atoms with van der Waals surface area (Å²) in [6.45, 7) is 9.94. The first-order chi connectivity index (χ1) is 10.3. The molecule has 3 heteroatoms. The Morgan fingerprint density at radius 3 is 2.71 bits per heavy atom. The zero-order valence-corrected chi connectivity index (χ0v) is 14.2. The van der Waals surface area contributed by atoms with Gasteiger partial charge in [-0.25, -0.2) is 0 Å². The summed E-state index contributed by atoms with van der Waals surface area (Å²) >= 11 is 0. The van der Waals surface area contributed by atoms with E-state index in [1.54, 1.807) is 0 Å². The molecule has 0 aromatic rings. The second kappa shape index (κ2) is 7.43. The monoisotopic (exact) mass is 293 g/mol. The first kappa shape index (κ1) is 15.8. The van der Waals surface area contributed by atoms with Crippen LogP contribution in [-0.4, -0.2) is 60.1 Å². The predicted octanol–water partition coefficient (Wildman–Crippen LogP) is 2.86. The highest BCUT2D eigenvalue weighted by Crippen LogP contribution is 2.30. The highest BCUT2D eigenvalue weighted by atomic mass is 15.3. The second-order valence-corrected chi connectivity index (χ2v) is 7.60. The van der Waals surface area contributed by atoms with Gasteiger partial charge in [0, 0.05) is 37.3 Å². The van der Waals surface area contributed by atoms with E-state index in [2.05, 4.69) is 29.0 Å². The number of nitrogens with one attached hydrogen (secondary N) is 1. The number of piperazine rings is 1. The smallest absolute Gasteiger partial charge is 0.0253 e. The van der Waals surface area contributed by atoms with E-state index >= 15 is 0 Å². The van der Waals surface area contributed by atoms with Gasteiger partial charge in [0.15, 0.2) is 0 Å². The summed E-state index contributed by atoms with van der Waals surface area (Å²) in [4.78, 5) is 5.65. The topological polar surface area (TPSA) is 18.5 Å². The van der Waals surface area contributed by atoms with Crippen LogP contribution >= 0.6 is 0 Å². The molecule has 0 aromatic heterocycles. The van der Waals surface area contributed by atoms with E-state index in [-0.39, 0.29) is 0 Å². The number of rotatable bonds is 4. The van der Waals surface area contributed by atoms with Gasteiger partial charge < -0.3 is 5.32 Å². The SMILES string of the molecule is CCCNC1CCCCCC1N1CC2CCCN2CC1C. The average Bonchev–Trinajstić information content (AvgIpc) is 2.80. The molecule has 2 saturated heterocycles. The molecule has 2 aliphatic heterocycles. The molecule has 0 bridgehead atoms. The fourth-order valence-electron chi connectivity index (χ4n) is 4.92. The van der Waals surface area contributed by atoms with Crippen LogP contribution in [0.3, 0.4) is 0 Å². The van der Waals surface area contributed by atoms with Crippen LogP contribution in [0.25, 0.3) is 0 Å². The molecule has 4 unspecified atom stereocenters. The van der Waals surface area contributed by atoms with Gasteiger partial charge in [0.1, 0.15) is 0 Å². The van der Waals surface area contributed by atoms with E-state index in [0.717, 1.165) is 24.2 Å². The van der Waals surface area contributed by atoms with E-state index in [9.17, 15) is 0 Å². The molecular formula is C18H35N3. The van der Waals surface area contributed by atoms with Gasteiger partial charge >= 0.3 is 0 Å². The Morgan fingerprint density at radius 1 is 1.00 bits per heavy atom. The van der Waals surface area contributed by atoms with Gasteiger partial charge in [-0.05, 0) is 52.1 Å². The molecule has 0 radical (unpaired) electrons. The molecule has 3 rings (SSSR count). The molecule has 0 aromatic carbocycles. The van der Waals surface area contributed by atoms with E-state index < -0.39 is 0 Å². The summed E-state index contributed by atoms with van der Waals surface area (Å²) in [6.07, 6.45) is 11.2. The minimum atomic E-state index is 0.739. The quantitative estimate of drug-likeness (QED) is 0.804. The zero-order valence-electron chi connectivity index (χ0n) is 14.2. The van der Waals surface area contributed by atoms with Crippen LogP contribution in [0.5, 0.6) is 0 Å². The molecule has 1 N–H and O–H groups in total. The third-order valence-corrected chi connectivity index (χ3v) is 6.05. The van der Waals surface area contributed by atoms with Gasteiger partial charge in [0.25, 0.3) is 0 Å². The normalized spacial score (nSPS) is 39.1. The molecule has 2 heterocycles. The summed E-state index contributed by atoms with van der Waals surface area (Å²) in [6, 6.07) is 3.13. The Kier molecular flexibility index (Phi) is 5.58. The molecular weight excluding hydrogens is 258 g/mol. The van der Waals surface area contributed by atoms with Crippen molar-refractivity contribution in [3.63, 3.8) is 0 Å². The summed E-state index contributed by atoms with van der Waals surface area (Å²) in [7, 11) is 0. The van der Waals surface area contributed by atoms with E-state index in [1.807, 2.05) is 0 Å². The van der Waals surface area contributed by atoms with Crippen LogP contribution in [0.1, 0.15) is 65.2 Å². The number of hydrogen-bond donors (Lipinski definition) is 1. The van der Waals surface area contributed by atoms with Crippen molar-refractivity contribution in [1.29, 1.82) is 0 Å². The maximum Gasteiger partial charge on any atom is 0.0253 e. The fourth-order valence-corrected chi connectivity index (χ4v) is 4.92. The Balaban J connectivity index is 1.68. The number of hydrogen-bond acceptors (Lipinski definition) is 3. The fraction of sp³-hybridized carbons (Fsp3) is 1.00. The second-order valence-electron chi connectivity index (χ2n) is 7.60. The molecule has 0 spiro atoms. The number of fused-ring (bicyclic) bond motifs is 1. The van der Waals surface area contributed by atoms with E-state index in [1.165, 1.54) is 77.5 Å². The Hall–Kier alpha value is -0.120. The molecule has 1 aliphatic carbocycles. The van der Waals surface area contributed by atoms with Crippen molar-refractivity contribution in [1.82, 2.24) is 15.1 Å². The van der Waals surface area contributed by atoms with Crippen LogP contribution < -0.4 is 5.32 Å². The Bertz CT molecular complexity index is 320. The van der Waals surface area contributed by atoms with Crippen molar-refractivity contribution in [3.05, 3.63) is 0 Å². The molecule has 3 fully saturated rings. The lowest BCUT2D eigenvalue weighted by Crippen LogP contribution is -2.61. The van der Waals surface area contributed by atoms with Crippen molar-refractivity contribution in [2.75, 3.05) is 26.2 Å². The van der Waals surface area contributed by atoms with Gasteiger partial charge in [-0.1, -0.05) is 26.2 Å². The average molecular weight is 293 g/mol. The van der Waals surface area contributed by atoms with Crippen molar-refractivity contribution in [2.24, 2.45) is 0 Å². The van der Waals surface area contributed by atoms with Crippen molar-refractivity contribution in [2.45, 2.75) is 89.4 Å². The summed E-state index contributed by atoms with van der Waals surface area (Å²) in [5.41, 5.74) is 0. The molecule has 122 valence electrons. The van der Waals surface area contributed by atoms with Gasteiger partial charge in [-0.3, -0.25) is 9.80 Å². The Morgan fingerprint density at radius 2 is 1.86 bits per heavy atom. The number of nitrogens with zero attached hydrogens (tertiary/aromatic N) is 2. The molecule has 4 atom stereocenters. The van der Waals surface area contributed by atoms with E-state index in [4.69, 9.17) is 0 Å². The first-order valence-corrected chi connectivity index (χ1v) is 9.52. The van der Waals surface area contributed by atoms with Crippen molar-refractivity contribution in [3.8, 4) is 0 Å². The van der Waals surface area contributed by atoms with Gasteiger partial charge in [0.05, 0.1) is 0 Å². The van der Waals surface area contributed by atoms with Crippen molar-refractivity contribution < 1.29 is 0 Å².